The van der Waals surface area contributed by atoms with Gasteiger partial charge in [0.05, 0.1) is 4.47 Å². The molecular formula is C14H17BrFN5. The summed E-state index contributed by atoms with van der Waals surface area (Å²) in [6, 6.07) is 6.43. The van der Waals surface area contributed by atoms with Gasteiger partial charge in [-0.1, -0.05) is 20.8 Å². The highest BCUT2D eigenvalue weighted by Gasteiger charge is 2.19. The van der Waals surface area contributed by atoms with Gasteiger partial charge in [0.1, 0.15) is 23.3 Å². The van der Waals surface area contributed by atoms with Crippen LogP contribution in [0.3, 0.4) is 0 Å². The van der Waals surface area contributed by atoms with Crippen molar-refractivity contribution < 1.29 is 4.39 Å². The molecule has 21 heavy (non-hydrogen) atoms. The standard InChI is InChI=1S/C14H17BrFN5/c1-14(2,3)13-19-11(7-12(20-13)21-17)18-8-4-5-9(15)10(16)6-8/h4-7H,17H2,1-3H3,(H2,18,19,20,21). The van der Waals surface area contributed by atoms with Crippen molar-refractivity contribution in [2.24, 2.45) is 5.84 Å². The third-order valence-electron chi connectivity index (χ3n) is 2.74. The monoisotopic (exact) mass is 353 g/mol. The molecule has 2 aromatic rings. The van der Waals surface area contributed by atoms with E-state index in [2.05, 4.69) is 36.6 Å². The van der Waals surface area contributed by atoms with Gasteiger partial charge in [-0.15, -0.1) is 0 Å². The highest BCUT2D eigenvalue weighted by molar-refractivity contribution is 9.10. The number of anilines is 3. The van der Waals surface area contributed by atoms with Crippen LogP contribution < -0.4 is 16.6 Å². The Hall–Kier alpha value is -1.73. The summed E-state index contributed by atoms with van der Waals surface area (Å²) in [5.41, 5.74) is 2.88. The second-order valence-corrected chi connectivity index (χ2v) is 6.46. The summed E-state index contributed by atoms with van der Waals surface area (Å²) in [7, 11) is 0. The summed E-state index contributed by atoms with van der Waals surface area (Å²) in [6.45, 7) is 6.02. The number of halogens is 2. The van der Waals surface area contributed by atoms with Crippen LogP contribution >= 0.6 is 15.9 Å². The lowest BCUT2D eigenvalue weighted by Crippen LogP contribution is -2.19. The molecule has 0 saturated carbocycles. The molecule has 0 saturated heterocycles. The van der Waals surface area contributed by atoms with E-state index in [1.54, 1.807) is 18.2 Å². The fraction of sp³-hybridized carbons (Fsp3) is 0.286. The Morgan fingerprint density at radius 2 is 1.81 bits per heavy atom. The zero-order chi connectivity index (χ0) is 15.6. The number of aromatic nitrogens is 2. The SMILES string of the molecule is CC(C)(C)c1nc(NN)cc(Nc2ccc(Br)c(F)c2)n1. The molecule has 1 aromatic heterocycles. The summed E-state index contributed by atoms with van der Waals surface area (Å²) in [5, 5.41) is 3.05. The third-order valence-corrected chi connectivity index (χ3v) is 3.38. The van der Waals surface area contributed by atoms with E-state index in [1.807, 2.05) is 20.8 Å². The number of hydrogen-bond acceptors (Lipinski definition) is 5. The predicted molar refractivity (Wildman–Crippen MR) is 85.9 cm³/mol. The average molecular weight is 354 g/mol. The molecule has 5 nitrogen and oxygen atoms in total. The molecule has 0 aliphatic rings. The van der Waals surface area contributed by atoms with Gasteiger partial charge in [-0.2, -0.15) is 0 Å². The fourth-order valence-electron chi connectivity index (χ4n) is 1.64. The van der Waals surface area contributed by atoms with Crippen molar-refractivity contribution >= 4 is 33.3 Å². The lowest BCUT2D eigenvalue weighted by Gasteiger charge is -2.18. The van der Waals surface area contributed by atoms with Crippen molar-refractivity contribution in [1.29, 1.82) is 0 Å². The van der Waals surface area contributed by atoms with Crippen LogP contribution in [0.15, 0.2) is 28.7 Å². The van der Waals surface area contributed by atoms with Gasteiger partial charge in [-0.3, -0.25) is 0 Å². The molecule has 7 heteroatoms. The molecule has 1 heterocycles. The van der Waals surface area contributed by atoms with E-state index < -0.39 is 0 Å². The predicted octanol–water partition coefficient (Wildman–Crippen LogP) is 3.70. The molecule has 0 bridgehead atoms. The summed E-state index contributed by atoms with van der Waals surface area (Å²) >= 11 is 3.12. The van der Waals surface area contributed by atoms with E-state index >= 15 is 0 Å². The maximum Gasteiger partial charge on any atom is 0.145 e. The van der Waals surface area contributed by atoms with Gasteiger partial charge < -0.3 is 10.7 Å². The Labute approximate surface area is 131 Å². The van der Waals surface area contributed by atoms with E-state index in [0.29, 0.717) is 27.6 Å². The molecule has 0 aliphatic carbocycles. The van der Waals surface area contributed by atoms with E-state index in [-0.39, 0.29) is 11.2 Å². The van der Waals surface area contributed by atoms with Crippen LogP contribution in [0.25, 0.3) is 0 Å². The Morgan fingerprint density at radius 1 is 1.14 bits per heavy atom. The van der Waals surface area contributed by atoms with Crippen molar-refractivity contribution in [2.75, 3.05) is 10.7 Å². The molecule has 0 radical (unpaired) electrons. The van der Waals surface area contributed by atoms with Crippen LogP contribution in [0.4, 0.5) is 21.7 Å². The largest absolute Gasteiger partial charge is 0.340 e. The molecule has 4 N–H and O–H groups in total. The maximum atomic E-state index is 13.5. The van der Waals surface area contributed by atoms with Crippen molar-refractivity contribution in [1.82, 2.24) is 9.97 Å². The zero-order valence-electron chi connectivity index (χ0n) is 12.0. The first-order valence-electron chi connectivity index (χ1n) is 6.38. The average Bonchev–Trinajstić information content (AvgIpc) is 2.41. The lowest BCUT2D eigenvalue weighted by molar-refractivity contribution is 0.547. The van der Waals surface area contributed by atoms with Crippen LogP contribution in [0.1, 0.15) is 26.6 Å². The second kappa shape index (κ2) is 5.95. The number of hydrogen-bond donors (Lipinski definition) is 3. The maximum absolute atomic E-state index is 13.5. The first-order chi connectivity index (χ1) is 9.79. The number of nitrogens with one attached hydrogen (secondary N) is 2. The number of benzene rings is 1. The fourth-order valence-corrected chi connectivity index (χ4v) is 1.89. The van der Waals surface area contributed by atoms with E-state index in [9.17, 15) is 4.39 Å². The number of nitrogen functional groups attached to an aromatic ring is 1. The van der Waals surface area contributed by atoms with Crippen LogP contribution in [0, 0.1) is 5.82 Å². The van der Waals surface area contributed by atoms with E-state index in [1.165, 1.54) is 6.07 Å². The highest BCUT2D eigenvalue weighted by Crippen LogP contribution is 2.25. The Balaban J connectivity index is 2.36. The van der Waals surface area contributed by atoms with Gasteiger partial charge in [0.25, 0.3) is 0 Å². The third kappa shape index (κ3) is 3.89. The summed E-state index contributed by atoms with van der Waals surface area (Å²) in [6.07, 6.45) is 0. The molecule has 0 aliphatic heterocycles. The molecule has 0 atom stereocenters. The molecule has 112 valence electrons. The van der Waals surface area contributed by atoms with Crippen LogP contribution in [-0.4, -0.2) is 9.97 Å². The smallest absolute Gasteiger partial charge is 0.145 e. The topological polar surface area (TPSA) is 75.9 Å². The highest BCUT2D eigenvalue weighted by atomic mass is 79.9. The molecule has 0 amide bonds. The van der Waals surface area contributed by atoms with Gasteiger partial charge in [0.2, 0.25) is 0 Å². The van der Waals surface area contributed by atoms with Crippen LogP contribution in [-0.2, 0) is 5.41 Å². The Morgan fingerprint density at radius 3 is 2.38 bits per heavy atom. The van der Waals surface area contributed by atoms with Gasteiger partial charge in [0, 0.05) is 17.2 Å². The van der Waals surface area contributed by atoms with E-state index in [4.69, 9.17) is 5.84 Å². The molecule has 0 spiro atoms. The summed E-state index contributed by atoms with van der Waals surface area (Å²) in [5.74, 6) is 6.77. The first-order valence-corrected chi connectivity index (χ1v) is 7.17. The van der Waals surface area contributed by atoms with Crippen molar-refractivity contribution in [3.63, 3.8) is 0 Å². The number of nitrogens with two attached hydrogens (primary N) is 1. The number of hydrazine groups is 1. The first kappa shape index (κ1) is 15.7. The zero-order valence-corrected chi connectivity index (χ0v) is 13.6. The van der Waals surface area contributed by atoms with Gasteiger partial charge in [-0.05, 0) is 34.1 Å². The minimum absolute atomic E-state index is 0.228. The minimum atomic E-state index is -0.345. The van der Waals surface area contributed by atoms with Crippen molar-refractivity contribution in [2.45, 2.75) is 26.2 Å². The van der Waals surface area contributed by atoms with Crippen LogP contribution in [0.2, 0.25) is 0 Å². The number of nitrogens with zero attached hydrogens (tertiary/aromatic N) is 2. The van der Waals surface area contributed by atoms with Crippen LogP contribution in [0.5, 0.6) is 0 Å². The second-order valence-electron chi connectivity index (χ2n) is 5.61. The number of rotatable bonds is 3. The van der Waals surface area contributed by atoms with Gasteiger partial charge >= 0.3 is 0 Å². The molecule has 0 fully saturated rings. The molecular weight excluding hydrogens is 337 g/mol. The van der Waals surface area contributed by atoms with Crippen molar-refractivity contribution in [3.05, 3.63) is 40.4 Å². The van der Waals surface area contributed by atoms with Gasteiger partial charge in [-0.25, -0.2) is 20.2 Å². The summed E-state index contributed by atoms with van der Waals surface area (Å²) in [4.78, 5) is 8.78. The Kier molecular flexibility index (Phi) is 4.43. The molecule has 1 aromatic carbocycles. The normalized spacial score (nSPS) is 11.3. The molecule has 0 unspecified atom stereocenters. The molecule has 2 rings (SSSR count). The summed E-state index contributed by atoms with van der Waals surface area (Å²) < 4.78 is 14.0. The van der Waals surface area contributed by atoms with Gasteiger partial charge in [0.15, 0.2) is 0 Å². The Bertz CT molecular complexity index is 654. The van der Waals surface area contributed by atoms with E-state index in [0.717, 1.165) is 0 Å². The van der Waals surface area contributed by atoms with Crippen molar-refractivity contribution in [3.8, 4) is 0 Å². The minimum Gasteiger partial charge on any atom is -0.340 e. The quantitative estimate of drug-likeness (QED) is 0.579. The lowest BCUT2D eigenvalue weighted by atomic mass is 9.96.